The van der Waals surface area contributed by atoms with E-state index in [4.69, 9.17) is 15.5 Å². The largest absolute Gasteiger partial charge is 0.459 e. The number of hydrogen-bond acceptors (Lipinski definition) is 4. The van der Waals surface area contributed by atoms with Crippen molar-refractivity contribution >= 4 is 34.0 Å². The van der Waals surface area contributed by atoms with Gasteiger partial charge in [-0.2, -0.15) is 0 Å². The molecule has 4 nitrogen and oxygen atoms in total. The van der Waals surface area contributed by atoms with E-state index in [9.17, 15) is 0 Å². The molecule has 1 atom stereocenters. The van der Waals surface area contributed by atoms with E-state index in [1.54, 1.807) is 0 Å². The molecule has 0 amide bonds. The van der Waals surface area contributed by atoms with Gasteiger partial charge in [-0.3, -0.25) is 4.99 Å². The lowest BCUT2D eigenvalue weighted by Crippen LogP contribution is -2.61. The summed E-state index contributed by atoms with van der Waals surface area (Å²) >= 11 is 0. The fraction of sp³-hybridized carbons (Fsp3) is 0.227. The lowest BCUT2D eigenvalue weighted by atomic mass is 9.77. The number of anilines is 2. The first-order chi connectivity index (χ1) is 12.5. The van der Waals surface area contributed by atoms with Gasteiger partial charge >= 0.3 is 0 Å². The van der Waals surface area contributed by atoms with E-state index in [-0.39, 0.29) is 5.41 Å². The van der Waals surface area contributed by atoms with Crippen LogP contribution in [0.5, 0.6) is 5.75 Å². The predicted molar refractivity (Wildman–Crippen MR) is 108 cm³/mol. The minimum absolute atomic E-state index is 0.264. The Morgan fingerprint density at radius 1 is 1.00 bits per heavy atom. The molecule has 0 fully saturated rings. The molecule has 2 aliphatic heterocycles. The minimum atomic E-state index is -0.682. The number of rotatable bonds is 0. The summed E-state index contributed by atoms with van der Waals surface area (Å²) in [4.78, 5) is 7.06. The van der Waals surface area contributed by atoms with Crippen LogP contribution in [0.2, 0.25) is 0 Å². The third kappa shape index (κ3) is 1.66. The maximum Gasteiger partial charge on any atom is 0.228 e. The number of para-hydroxylation sites is 1. The minimum Gasteiger partial charge on any atom is -0.459 e. The third-order valence-corrected chi connectivity index (χ3v) is 5.98. The molecule has 1 unspecified atom stereocenters. The molecule has 0 aromatic heterocycles. The average Bonchev–Trinajstić information content (AvgIpc) is 2.81. The van der Waals surface area contributed by atoms with E-state index in [1.807, 2.05) is 36.5 Å². The Balaban J connectivity index is 1.74. The SMILES string of the molecule is CN1c2ccccc2C(C)(C)C12C=Nc1c(cc(N)c3ccccc13)O2. The number of hydrogen-bond donors (Lipinski definition) is 1. The van der Waals surface area contributed by atoms with Crippen LogP contribution in [0.4, 0.5) is 17.1 Å². The van der Waals surface area contributed by atoms with Gasteiger partial charge in [0.1, 0.15) is 5.69 Å². The Morgan fingerprint density at radius 3 is 2.46 bits per heavy atom. The Hall–Kier alpha value is -3.01. The number of ether oxygens (including phenoxy) is 1. The van der Waals surface area contributed by atoms with Gasteiger partial charge in [-0.15, -0.1) is 0 Å². The molecule has 0 bridgehead atoms. The molecule has 1 spiro atoms. The first kappa shape index (κ1) is 15.3. The predicted octanol–water partition coefficient (Wildman–Crippen LogP) is 4.64. The van der Waals surface area contributed by atoms with Crippen molar-refractivity contribution in [1.82, 2.24) is 0 Å². The summed E-state index contributed by atoms with van der Waals surface area (Å²) in [6, 6.07) is 18.4. The topological polar surface area (TPSA) is 50.8 Å². The summed E-state index contributed by atoms with van der Waals surface area (Å²) in [5.74, 6) is 0.733. The van der Waals surface area contributed by atoms with E-state index in [0.717, 1.165) is 22.2 Å². The molecule has 2 N–H and O–H groups in total. The van der Waals surface area contributed by atoms with Crippen molar-refractivity contribution in [2.45, 2.75) is 25.0 Å². The molecule has 5 rings (SSSR count). The maximum absolute atomic E-state index is 6.68. The van der Waals surface area contributed by atoms with Crippen LogP contribution < -0.4 is 15.4 Å². The zero-order valence-electron chi connectivity index (χ0n) is 15.2. The van der Waals surface area contributed by atoms with Crippen molar-refractivity contribution in [1.29, 1.82) is 0 Å². The van der Waals surface area contributed by atoms with Gasteiger partial charge < -0.3 is 15.4 Å². The van der Waals surface area contributed by atoms with Crippen LogP contribution >= 0.6 is 0 Å². The second-order valence-electron chi connectivity index (χ2n) is 7.62. The number of benzene rings is 3. The lowest BCUT2D eigenvalue weighted by molar-refractivity contribution is 0.0827. The fourth-order valence-corrected chi connectivity index (χ4v) is 4.45. The standard InChI is InChI=1S/C22H21N3O/c1-21(2)16-10-6-7-11-18(16)25(3)22(21)13-24-20-15-9-5-4-8-14(15)17(23)12-19(20)26-22/h4-13H,23H2,1-3H3. The summed E-state index contributed by atoms with van der Waals surface area (Å²) in [6.07, 6.45) is 1.96. The van der Waals surface area contributed by atoms with Crippen molar-refractivity contribution in [2.75, 3.05) is 17.7 Å². The highest BCUT2D eigenvalue weighted by Gasteiger charge is 2.58. The van der Waals surface area contributed by atoms with Gasteiger partial charge in [0.2, 0.25) is 5.72 Å². The van der Waals surface area contributed by atoms with Crippen LogP contribution in [0.25, 0.3) is 10.8 Å². The molecule has 3 aromatic rings. The van der Waals surface area contributed by atoms with Gasteiger partial charge in [-0.1, -0.05) is 42.5 Å². The van der Waals surface area contributed by atoms with Gasteiger partial charge in [0.15, 0.2) is 5.75 Å². The first-order valence-electron chi connectivity index (χ1n) is 8.84. The van der Waals surface area contributed by atoms with Crippen LogP contribution in [0.15, 0.2) is 59.6 Å². The van der Waals surface area contributed by atoms with Gasteiger partial charge in [0.05, 0.1) is 11.6 Å². The van der Waals surface area contributed by atoms with Gasteiger partial charge in [0, 0.05) is 35.3 Å². The normalized spacial score (nSPS) is 22.3. The number of likely N-dealkylation sites (N-methyl/N-ethyl adjacent to an activating group) is 1. The fourth-order valence-electron chi connectivity index (χ4n) is 4.45. The molecule has 0 aliphatic carbocycles. The van der Waals surface area contributed by atoms with Crippen LogP contribution in [0.1, 0.15) is 19.4 Å². The van der Waals surface area contributed by atoms with Gasteiger partial charge in [-0.25, -0.2) is 0 Å². The van der Waals surface area contributed by atoms with Crippen LogP contribution in [-0.2, 0) is 5.41 Å². The zero-order valence-corrected chi connectivity index (χ0v) is 15.2. The number of aliphatic imine (C=N–C) groups is 1. The molecule has 0 saturated heterocycles. The van der Waals surface area contributed by atoms with E-state index < -0.39 is 5.72 Å². The van der Waals surface area contributed by atoms with Crippen molar-refractivity contribution in [3.05, 3.63) is 60.2 Å². The molecule has 4 heteroatoms. The molecule has 2 heterocycles. The van der Waals surface area contributed by atoms with Crippen LogP contribution in [-0.4, -0.2) is 19.0 Å². The Morgan fingerprint density at radius 2 is 1.69 bits per heavy atom. The number of nitrogens with zero attached hydrogens (tertiary/aromatic N) is 2. The number of fused-ring (bicyclic) bond motifs is 4. The molecular formula is C22H21N3O. The second kappa shape index (κ2) is 4.79. The summed E-state index contributed by atoms with van der Waals surface area (Å²) in [7, 11) is 2.06. The van der Waals surface area contributed by atoms with Crippen LogP contribution in [0, 0.1) is 0 Å². The molecule has 26 heavy (non-hydrogen) atoms. The third-order valence-electron chi connectivity index (χ3n) is 5.98. The van der Waals surface area contributed by atoms with E-state index in [2.05, 4.69) is 50.1 Å². The Labute approximate surface area is 152 Å². The summed E-state index contributed by atoms with van der Waals surface area (Å²) < 4.78 is 6.68. The van der Waals surface area contributed by atoms with Crippen LogP contribution in [0.3, 0.4) is 0 Å². The highest BCUT2D eigenvalue weighted by molar-refractivity contribution is 6.05. The van der Waals surface area contributed by atoms with Crippen molar-refractivity contribution < 1.29 is 4.74 Å². The summed E-state index contributed by atoms with van der Waals surface area (Å²) in [5, 5.41) is 2.02. The van der Waals surface area contributed by atoms with E-state index >= 15 is 0 Å². The maximum atomic E-state index is 6.68. The Bertz CT molecular complexity index is 1090. The quantitative estimate of drug-likeness (QED) is 0.605. The van der Waals surface area contributed by atoms with Crippen molar-refractivity contribution in [2.24, 2.45) is 4.99 Å². The first-order valence-corrected chi connectivity index (χ1v) is 8.84. The zero-order chi connectivity index (χ0) is 18.1. The van der Waals surface area contributed by atoms with E-state index in [1.165, 1.54) is 11.3 Å². The molecule has 3 aromatic carbocycles. The summed E-state index contributed by atoms with van der Waals surface area (Å²) in [6.45, 7) is 4.41. The highest BCUT2D eigenvalue weighted by Crippen LogP contribution is 2.54. The van der Waals surface area contributed by atoms with Crippen molar-refractivity contribution in [3.8, 4) is 5.75 Å². The smallest absolute Gasteiger partial charge is 0.228 e. The molecule has 2 aliphatic rings. The lowest BCUT2D eigenvalue weighted by Gasteiger charge is -2.45. The number of nitrogen functional groups attached to an aromatic ring is 1. The van der Waals surface area contributed by atoms with Crippen molar-refractivity contribution in [3.63, 3.8) is 0 Å². The Kier molecular flexibility index (Phi) is 2.81. The molecule has 130 valence electrons. The van der Waals surface area contributed by atoms with E-state index in [0.29, 0.717) is 5.69 Å². The molecule has 0 radical (unpaired) electrons. The van der Waals surface area contributed by atoms with Gasteiger partial charge in [-0.05, 0) is 25.5 Å². The summed E-state index contributed by atoms with van der Waals surface area (Å²) in [5.41, 5.74) is 9.34. The number of nitrogens with two attached hydrogens (primary N) is 1. The average molecular weight is 343 g/mol. The second-order valence-corrected chi connectivity index (χ2v) is 7.62. The molecule has 0 saturated carbocycles. The molecular weight excluding hydrogens is 322 g/mol. The monoisotopic (exact) mass is 343 g/mol. The highest BCUT2D eigenvalue weighted by atomic mass is 16.5. The van der Waals surface area contributed by atoms with Gasteiger partial charge in [0.25, 0.3) is 0 Å².